The van der Waals surface area contributed by atoms with Gasteiger partial charge in [-0.3, -0.25) is 4.90 Å². The molecule has 0 radical (unpaired) electrons. The molecule has 0 bridgehead atoms. The summed E-state index contributed by atoms with van der Waals surface area (Å²) < 4.78 is 2.11. The van der Waals surface area contributed by atoms with Gasteiger partial charge in [0.2, 0.25) is 0 Å². The number of benzene rings is 4. The van der Waals surface area contributed by atoms with E-state index in [1.54, 1.807) is 12.1 Å². The highest BCUT2D eigenvalue weighted by Gasteiger charge is 2.23. The van der Waals surface area contributed by atoms with Crippen molar-refractivity contribution < 1.29 is 0 Å². The Morgan fingerprint density at radius 3 is 2.20 bits per heavy atom. The van der Waals surface area contributed by atoms with Crippen molar-refractivity contribution in [3.05, 3.63) is 108 Å². The zero-order chi connectivity index (χ0) is 26.9. The quantitative estimate of drug-likeness (QED) is 0.260. The second kappa shape index (κ2) is 10.3. The van der Waals surface area contributed by atoms with Crippen molar-refractivity contribution in [2.24, 2.45) is 0 Å². The number of likely N-dealkylation sites (tertiary alicyclic amines) is 1. The highest BCUT2D eigenvalue weighted by molar-refractivity contribution is 5.86. The summed E-state index contributed by atoms with van der Waals surface area (Å²) in [7, 11) is 0. The van der Waals surface area contributed by atoms with Crippen LogP contribution in [0.25, 0.3) is 44.6 Å². The summed E-state index contributed by atoms with van der Waals surface area (Å²) in [5, 5.41) is 18.1. The summed E-state index contributed by atoms with van der Waals surface area (Å²) in [6.07, 6.45) is 2.12. The molecule has 0 aliphatic carbocycles. The van der Waals surface area contributed by atoms with Gasteiger partial charge in [0, 0.05) is 30.8 Å². The Hall–Kier alpha value is -4.93. The van der Waals surface area contributed by atoms with Gasteiger partial charge in [0.05, 0.1) is 45.6 Å². The second-order valence-electron chi connectivity index (χ2n) is 10.3. The van der Waals surface area contributed by atoms with Crippen LogP contribution in [0.5, 0.6) is 0 Å². The predicted octanol–water partition coefficient (Wildman–Crippen LogP) is 6.42. The normalized spacial score (nSPS) is 14.5. The Morgan fingerprint density at radius 1 is 0.725 bits per heavy atom. The van der Waals surface area contributed by atoms with Crippen LogP contribution in [0.4, 0.5) is 0 Å². The van der Waals surface area contributed by atoms with E-state index in [2.05, 4.69) is 62.4 Å². The summed E-state index contributed by atoms with van der Waals surface area (Å²) in [5.41, 5.74) is 9.13. The van der Waals surface area contributed by atoms with Crippen molar-refractivity contribution in [3.8, 4) is 28.6 Å². The third-order valence-corrected chi connectivity index (χ3v) is 7.75. The fourth-order valence-electron chi connectivity index (χ4n) is 5.63. The van der Waals surface area contributed by atoms with Crippen molar-refractivity contribution in [2.75, 3.05) is 13.1 Å². The van der Waals surface area contributed by atoms with Gasteiger partial charge in [-0.05, 0) is 48.7 Å². The fraction of sp³-hybridized carbons (Fsp3) is 0.182. The maximum atomic E-state index is 9.35. The number of hydrogen-bond donors (Lipinski definition) is 0. The van der Waals surface area contributed by atoms with Crippen LogP contribution < -0.4 is 0 Å². The van der Waals surface area contributed by atoms with Gasteiger partial charge in [-0.15, -0.1) is 5.10 Å². The lowest BCUT2D eigenvalue weighted by atomic mass is 10.0. The Labute approximate surface area is 232 Å². The molecule has 0 unspecified atom stereocenters. The molecule has 0 N–H and O–H groups in total. The lowest BCUT2D eigenvalue weighted by Crippen LogP contribution is -2.34. The number of fused-ring (bicyclic) bond motifs is 2. The summed E-state index contributed by atoms with van der Waals surface area (Å²) in [5.74, 6) is 0. The van der Waals surface area contributed by atoms with E-state index < -0.39 is 0 Å². The van der Waals surface area contributed by atoms with Gasteiger partial charge < -0.3 is 0 Å². The molecule has 7 rings (SSSR count). The van der Waals surface area contributed by atoms with Crippen LogP contribution in [0.1, 0.15) is 30.0 Å². The molecular formula is C33H27N7. The summed E-state index contributed by atoms with van der Waals surface area (Å²) in [6.45, 7) is 2.97. The monoisotopic (exact) mass is 521 g/mol. The highest BCUT2D eigenvalue weighted by atomic mass is 15.4. The molecule has 194 valence electrons. The molecule has 0 atom stereocenters. The molecule has 7 nitrogen and oxygen atoms in total. The van der Waals surface area contributed by atoms with Crippen molar-refractivity contribution in [1.82, 2.24) is 29.9 Å². The van der Waals surface area contributed by atoms with Gasteiger partial charge in [-0.1, -0.05) is 71.9 Å². The van der Waals surface area contributed by atoms with Crippen molar-refractivity contribution in [2.45, 2.75) is 25.4 Å². The first-order valence-electron chi connectivity index (χ1n) is 13.6. The number of para-hydroxylation sites is 1. The Balaban J connectivity index is 1.11. The number of rotatable bonds is 5. The molecule has 1 saturated heterocycles. The molecule has 1 aliphatic heterocycles. The van der Waals surface area contributed by atoms with E-state index in [9.17, 15) is 5.26 Å². The molecule has 2 aromatic heterocycles. The first-order chi connectivity index (χ1) is 19.7. The number of aromatic nitrogens is 5. The van der Waals surface area contributed by atoms with Gasteiger partial charge in [0.25, 0.3) is 0 Å². The van der Waals surface area contributed by atoms with Crippen LogP contribution in [0.2, 0.25) is 0 Å². The third kappa shape index (κ3) is 4.59. The third-order valence-electron chi connectivity index (χ3n) is 7.75. The fourth-order valence-corrected chi connectivity index (χ4v) is 5.63. The van der Waals surface area contributed by atoms with E-state index in [-0.39, 0.29) is 0 Å². The molecule has 3 heterocycles. The predicted molar refractivity (Wildman–Crippen MR) is 156 cm³/mol. The largest absolute Gasteiger partial charge is 0.299 e. The lowest BCUT2D eigenvalue weighted by molar-refractivity contribution is 0.174. The van der Waals surface area contributed by atoms with E-state index in [0.29, 0.717) is 11.6 Å². The molecule has 0 spiro atoms. The van der Waals surface area contributed by atoms with E-state index in [0.717, 1.165) is 77.1 Å². The summed E-state index contributed by atoms with van der Waals surface area (Å²) in [6, 6.07) is 35.1. The smallest absolute Gasteiger partial charge is 0.113 e. The van der Waals surface area contributed by atoms with Crippen LogP contribution >= 0.6 is 0 Å². The van der Waals surface area contributed by atoms with Gasteiger partial charge in [0.1, 0.15) is 5.52 Å². The van der Waals surface area contributed by atoms with Crippen molar-refractivity contribution in [1.29, 1.82) is 5.26 Å². The van der Waals surface area contributed by atoms with E-state index in [4.69, 9.17) is 9.97 Å². The minimum Gasteiger partial charge on any atom is -0.299 e. The average molecular weight is 522 g/mol. The van der Waals surface area contributed by atoms with Crippen LogP contribution in [0, 0.1) is 11.3 Å². The Morgan fingerprint density at radius 2 is 1.43 bits per heavy atom. The van der Waals surface area contributed by atoms with Crippen molar-refractivity contribution in [3.63, 3.8) is 0 Å². The minimum absolute atomic E-state index is 0.387. The van der Waals surface area contributed by atoms with Crippen LogP contribution in [0.3, 0.4) is 0 Å². The number of nitrogens with zero attached hydrogens (tertiary/aromatic N) is 7. The SMILES string of the molecule is N#Cc1ccc2nc(-c3ccc(CN4CCC(n5nnc6ccccc65)CC4)cc3)c(-c3ccccc3)nc2c1. The molecule has 4 aromatic carbocycles. The molecule has 6 aromatic rings. The summed E-state index contributed by atoms with van der Waals surface area (Å²) >= 11 is 0. The Kier molecular flexibility index (Phi) is 6.23. The number of nitriles is 1. The van der Waals surface area contributed by atoms with Gasteiger partial charge >= 0.3 is 0 Å². The molecule has 0 amide bonds. The molecule has 1 fully saturated rings. The maximum absolute atomic E-state index is 9.35. The van der Waals surface area contributed by atoms with E-state index >= 15 is 0 Å². The maximum Gasteiger partial charge on any atom is 0.113 e. The van der Waals surface area contributed by atoms with E-state index in [1.807, 2.05) is 48.5 Å². The van der Waals surface area contributed by atoms with E-state index in [1.165, 1.54) is 5.56 Å². The van der Waals surface area contributed by atoms with Crippen molar-refractivity contribution >= 4 is 22.1 Å². The average Bonchev–Trinajstić information content (AvgIpc) is 3.46. The number of piperidine rings is 1. The summed E-state index contributed by atoms with van der Waals surface area (Å²) in [4.78, 5) is 12.5. The molecule has 1 aliphatic rings. The zero-order valence-electron chi connectivity index (χ0n) is 22.0. The first kappa shape index (κ1) is 24.1. The standard InChI is InChI=1S/C33H27N7/c34-21-24-12-15-28-30(20-24)36-32(25-6-2-1-3-7-25)33(35-28)26-13-10-23(11-14-26)22-39-18-16-27(17-19-39)40-31-9-5-4-8-29(31)37-38-40/h1-15,20,27H,16-19,22H2. The molecule has 7 heteroatoms. The molecule has 40 heavy (non-hydrogen) atoms. The highest BCUT2D eigenvalue weighted by Crippen LogP contribution is 2.32. The minimum atomic E-state index is 0.387. The number of hydrogen-bond acceptors (Lipinski definition) is 6. The first-order valence-corrected chi connectivity index (χ1v) is 13.6. The van der Waals surface area contributed by atoms with Crippen LogP contribution in [0.15, 0.2) is 97.1 Å². The van der Waals surface area contributed by atoms with Gasteiger partial charge in [0.15, 0.2) is 0 Å². The van der Waals surface area contributed by atoms with Gasteiger partial charge in [-0.2, -0.15) is 5.26 Å². The topological polar surface area (TPSA) is 83.5 Å². The second-order valence-corrected chi connectivity index (χ2v) is 10.3. The van der Waals surface area contributed by atoms with Crippen LogP contribution in [-0.2, 0) is 6.54 Å². The molecule has 0 saturated carbocycles. The molecular weight excluding hydrogens is 494 g/mol. The van der Waals surface area contributed by atoms with Crippen LogP contribution in [-0.4, -0.2) is 43.0 Å². The van der Waals surface area contributed by atoms with Gasteiger partial charge in [-0.25, -0.2) is 14.6 Å². The lowest BCUT2D eigenvalue weighted by Gasteiger charge is -2.32. The zero-order valence-corrected chi connectivity index (χ0v) is 22.0. The Bertz CT molecular complexity index is 1840.